The number of benzene rings is 2. The molecule has 0 aliphatic heterocycles. The molecule has 184 valence electrons. The Morgan fingerprint density at radius 3 is 2.60 bits per heavy atom. The molecule has 1 aliphatic rings. The van der Waals surface area contributed by atoms with E-state index in [2.05, 4.69) is 9.72 Å². The highest BCUT2D eigenvalue weighted by molar-refractivity contribution is 6.24. The number of aliphatic imine (C=N–C) groups is 1. The largest absolute Gasteiger partial charge is 0.573 e. The Morgan fingerprint density at radius 2 is 1.91 bits per heavy atom. The highest BCUT2D eigenvalue weighted by atomic mass is 19.4. The first-order valence-electron chi connectivity index (χ1n) is 11.6. The fourth-order valence-corrected chi connectivity index (χ4v) is 4.69. The Hall–Kier alpha value is -3.55. The maximum Gasteiger partial charge on any atom is 0.573 e. The molecule has 1 unspecified atom stereocenters. The number of aliphatic hydroxyl groups is 1. The van der Waals surface area contributed by atoms with Crippen LogP contribution < -0.4 is 4.74 Å². The highest BCUT2D eigenvalue weighted by Gasteiger charge is 2.32. The van der Waals surface area contributed by atoms with E-state index in [1.807, 2.05) is 37.3 Å². The van der Waals surface area contributed by atoms with E-state index in [1.165, 1.54) is 12.1 Å². The van der Waals surface area contributed by atoms with E-state index < -0.39 is 6.36 Å². The molecule has 1 aromatic heterocycles. The number of carbonyl (C=O) groups excluding carboxylic acids is 1. The van der Waals surface area contributed by atoms with Crippen molar-refractivity contribution in [2.45, 2.75) is 51.8 Å². The minimum atomic E-state index is -4.77. The first-order valence-corrected chi connectivity index (χ1v) is 11.6. The van der Waals surface area contributed by atoms with Crippen LogP contribution in [0.1, 0.15) is 48.9 Å². The van der Waals surface area contributed by atoms with Crippen LogP contribution in [-0.2, 0) is 11.2 Å². The van der Waals surface area contributed by atoms with E-state index in [0.29, 0.717) is 54.4 Å². The smallest absolute Gasteiger partial charge is 0.512 e. The minimum Gasteiger partial charge on any atom is -0.512 e. The third-order valence-corrected chi connectivity index (χ3v) is 6.32. The van der Waals surface area contributed by atoms with Crippen molar-refractivity contribution in [2.24, 2.45) is 4.99 Å². The Morgan fingerprint density at radius 1 is 1.17 bits per heavy atom. The number of ketones is 1. The molecule has 1 atom stereocenters. The number of halogens is 3. The molecular formula is C27H27F3N2O3. The summed E-state index contributed by atoms with van der Waals surface area (Å²) in [5.74, 6) is -0.385. The molecule has 1 saturated carbocycles. The Kier molecular flexibility index (Phi) is 7.00. The molecule has 0 amide bonds. The van der Waals surface area contributed by atoms with Gasteiger partial charge in [0.1, 0.15) is 11.5 Å². The summed E-state index contributed by atoms with van der Waals surface area (Å²) < 4.78 is 42.1. The van der Waals surface area contributed by atoms with Crippen molar-refractivity contribution in [1.82, 2.24) is 4.98 Å². The van der Waals surface area contributed by atoms with Crippen LogP contribution in [0, 0.1) is 6.92 Å². The number of H-pyrrole nitrogens is 1. The number of rotatable bonds is 6. The number of allylic oxidation sites excluding steroid dienone is 2. The molecule has 1 aliphatic carbocycles. The number of hydrogen-bond donors (Lipinski definition) is 2. The summed E-state index contributed by atoms with van der Waals surface area (Å²) in [5.41, 5.74) is 4.31. The fraction of sp³-hybridized carbons (Fsp3) is 0.333. The summed E-state index contributed by atoms with van der Waals surface area (Å²) >= 11 is 0. The summed E-state index contributed by atoms with van der Waals surface area (Å²) in [4.78, 5) is 20.9. The standard InChI is InChI=1S/C27H27F3N2O3/c1-3-24(33)26-23(13-18(14-25(26)34)17-7-5-4-6-8-17)31-12-11-20-16(2)32-22-10-9-19(15-21(20)22)35-27(28,29)30/h4-10,15,18,32-33H,3,11-14H2,1-2H3. The monoisotopic (exact) mass is 484 g/mol. The van der Waals surface area contributed by atoms with Crippen molar-refractivity contribution in [3.63, 3.8) is 0 Å². The maximum atomic E-state index is 13.0. The van der Waals surface area contributed by atoms with Gasteiger partial charge in [0, 0.05) is 41.7 Å². The molecule has 1 fully saturated rings. The van der Waals surface area contributed by atoms with Gasteiger partial charge < -0.3 is 14.8 Å². The second-order valence-corrected chi connectivity index (χ2v) is 8.68. The molecule has 5 nitrogen and oxygen atoms in total. The molecule has 2 aromatic carbocycles. The van der Waals surface area contributed by atoms with Crippen LogP contribution >= 0.6 is 0 Å². The number of aliphatic hydroxyl groups excluding tert-OH is 1. The lowest BCUT2D eigenvalue weighted by atomic mass is 9.79. The molecule has 4 rings (SSSR count). The zero-order chi connectivity index (χ0) is 25.2. The van der Waals surface area contributed by atoms with Crippen LogP contribution in [-0.4, -0.2) is 34.5 Å². The number of hydrogen-bond acceptors (Lipinski definition) is 4. The molecule has 8 heteroatoms. The second-order valence-electron chi connectivity index (χ2n) is 8.68. The maximum absolute atomic E-state index is 13.0. The number of Topliss-reactive ketones (excluding diaryl/α,β-unsaturated/α-hetero) is 1. The minimum absolute atomic E-state index is 0.0206. The van der Waals surface area contributed by atoms with E-state index in [-0.39, 0.29) is 23.2 Å². The van der Waals surface area contributed by atoms with Gasteiger partial charge in [-0.3, -0.25) is 9.79 Å². The van der Waals surface area contributed by atoms with E-state index in [0.717, 1.165) is 16.8 Å². The molecule has 0 bridgehead atoms. The molecular weight excluding hydrogens is 457 g/mol. The number of nitrogens with one attached hydrogen (secondary N) is 1. The van der Waals surface area contributed by atoms with Crippen LogP contribution in [0.25, 0.3) is 10.9 Å². The molecule has 2 N–H and O–H groups in total. The van der Waals surface area contributed by atoms with Crippen LogP contribution in [0.4, 0.5) is 13.2 Å². The third kappa shape index (κ3) is 5.58. The van der Waals surface area contributed by atoms with Gasteiger partial charge in [-0.05, 0) is 55.0 Å². The fourth-order valence-electron chi connectivity index (χ4n) is 4.69. The average molecular weight is 485 g/mol. The SMILES string of the molecule is CCC(O)=C1C(=O)CC(c2ccccc2)CC1=NCCc1c(C)[nH]c2ccc(OC(F)(F)F)cc12. The van der Waals surface area contributed by atoms with Gasteiger partial charge in [-0.1, -0.05) is 37.3 Å². The Labute approximate surface area is 201 Å². The predicted molar refractivity (Wildman–Crippen MR) is 129 cm³/mol. The summed E-state index contributed by atoms with van der Waals surface area (Å²) in [6, 6.07) is 14.0. The highest BCUT2D eigenvalue weighted by Crippen LogP contribution is 2.34. The average Bonchev–Trinajstić information content (AvgIpc) is 3.12. The zero-order valence-electron chi connectivity index (χ0n) is 19.6. The lowest BCUT2D eigenvalue weighted by molar-refractivity contribution is -0.274. The van der Waals surface area contributed by atoms with Crippen LogP contribution in [0.3, 0.4) is 0 Å². The molecule has 0 spiro atoms. The molecule has 0 saturated heterocycles. The summed E-state index contributed by atoms with van der Waals surface area (Å²) in [7, 11) is 0. The second kappa shape index (κ2) is 9.98. The van der Waals surface area contributed by atoms with Crippen molar-refractivity contribution < 1.29 is 27.8 Å². The van der Waals surface area contributed by atoms with Gasteiger partial charge in [-0.2, -0.15) is 0 Å². The number of aromatic amines is 1. The number of nitrogens with zero attached hydrogens (tertiary/aromatic N) is 1. The van der Waals surface area contributed by atoms with Crippen molar-refractivity contribution in [1.29, 1.82) is 0 Å². The molecule has 0 radical (unpaired) electrons. The van der Waals surface area contributed by atoms with Crippen molar-refractivity contribution in [3.8, 4) is 5.75 Å². The number of ether oxygens (including phenoxy) is 1. The summed E-state index contributed by atoms with van der Waals surface area (Å²) in [5, 5.41) is 11.1. The quantitative estimate of drug-likeness (QED) is 0.301. The van der Waals surface area contributed by atoms with Crippen LogP contribution in [0.2, 0.25) is 0 Å². The lowest BCUT2D eigenvalue weighted by Gasteiger charge is -2.26. The van der Waals surface area contributed by atoms with Gasteiger partial charge in [-0.25, -0.2) is 0 Å². The van der Waals surface area contributed by atoms with E-state index in [4.69, 9.17) is 4.99 Å². The summed E-state index contributed by atoms with van der Waals surface area (Å²) in [6.07, 6.45) is -3.13. The third-order valence-electron chi connectivity index (χ3n) is 6.32. The summed E-state index contributed by atoms with van der Waals surface area (Å²) in [6.45, 7) is 3.96. The number of aryl methyl sites for hydroxylation is 1. The van der Waals surface area contributed by atoms with E-state index in [9.17, 15) is 23.1 Å². The van der Waals surface area contributed by atoms with Crippen LogP contribution in [0.5, 0.6) is 5.75 Å². The number of alkyl halides is 3. The Balaban J connectivity index is 1.61. The van der Waals surface area contributed by atoms with Gasteiger partial charge in [0.25, 0.3) is 0 Å². The normalized spacial score (nSPS) is 19.4. The molecule has 3 aromatic rings. The van der Waals surface area contributed by atoms with Gasteiger partial charge in [-0.15, -0.1) is 13.2 Å². The van der Waals surface area contributed by atoms with E-state index >= 15 is 0 Å². The Bertz CT molecular complexity index is 1290. The topological polar surface area (TPSA) is 74.7 Å². The first kappa shape index (κ1) is 24.6. The molecule has 35 heavy (non-hydrogen) atoms. The number of carbonyl (C=O) groups is 1. The van der Waals surface area contributed by atoms with Crippen molar-refractivity contribution in [2.75, 3.05) is 6.54 Å². The molecule has 1 heterocycles. The first-order chi connectivity index (χ1) is 16.7. The van der Waals surface area contributed by atoms with Gasteiger partial charge >= 0.3 is 6.36 Å². The van der Waals surface area contributed by atoms with Gasteiger partial charge in [0.2, 0.25) is 0 Å². The van der Waals surface area contributed by atoms with Gasteiger partial charge in [0.05, 0.1) is 5.57 Å². The van der Waals surface area contributed by atoms with E-state index in [1.54, 1.807) is 13.0 Å². The van der Waals surface area contributed by atoms with Crippen LogP contribution in [0.15, 0.2) is 64.9 Å². The van der Waals surface area contributed by atoms with Crippen molar-refractivity contribution in [3.05, 3.63) is 76.7 Å². The van der Waals surface area contributed by atoms with Gasteiger partial charge in [0.15, 0.2) is 5.78 Å². The number of fused-ring (bicyclic) bond motifs is 1. The lowest BCUT2D eigenvalue weighted by Crippen LogP contribution is -2.27. The number of aromatic nitrogens is 1. The predicted octanol–water partition coefficient (Wildman–Crippen LogP) is 6.73. The zero-order valence-corrected chi connectivity index (χ0v) is 19.6. The van der Waals surface area contributed by atoms with Crippen molar-refractivity contribution >= 4 is 22.4 Å².